The fourth-order valence-corrected chi connectivity index (χ4v) is 1.92. The molecule has 86 valence electrons. The number of halogens is 1. The van der Waals surface area contributed by atoms with Crippen molar-refractivity contribution in [3.05, 3.63) is 29.3 Å². The number of rotatable bonds is 2. The number of carbonyl (C=O) groups is 1. The van der Waals surface area contributed by atoms with Gasteiger partial charge in [0.15, 0.2) is 0 Å². The molecule has 0 spiro atoms. The monoisotopic (exact) mass is 224 g/mol. The van der Waals surface area contributed by atoms with Crippen LogP contribution in [0, 0.1) is 0 Å². The Bertz CT molecular complexity index is 409. The lowest BCUT2D eigenvalue weighted by molar-refractivity contribution is 0.203. The van der Waals surface area contributed by atoms with Gasteiger partial charge in [0.25, 0.3) is 0 Å². The standard InChI is InChI=1S/C11H13FN2O2/c1-13-11(15)16-8-4-2-7-3-5-10(14-12)9(7)6-8/h2,4,6,10,14H,3,5H2,1H3,(H,13,15). The Morgan fingerprint density at radius 3 is 3.06 bits per heavy atom. The molecule has 0 bridgehead atoms. The van der Waals surface area contributed by atoms with Gasteiger partial charge in [-0.25, -0.2) is 4.79 Å². The fraction of sp³-hybridized carbons (Fsp3) is 0.364. The average molecular weight is 224 g/mol. The Kier molecular flexibility index (Phi) is 3.05. The van der Waals surface area contributed by atoms with Crippen molar-refractivity contribution in [1.82, 2.24) is 10.9 Å². The van der Waals surface area contributed by atoms with Gasteiger partial charge in [0.2, 0.25) is 0 Å². The van der Waals surface area contributed by atoms with Crippen LogP contribution in [-0.4, -0.2) is 13.1 Å². The van der Waals surface area contributed by atoms with Crippen molar-refractivity contribution in [3.63, 3.8) is 0 Å². The minimum Gasteiger partial charge on any atom is -0.410 e. The molecule has 0 aromatic heterocycles. The van der Waals surface area contributed by atoms with E-state index >= 15 is 0 Å². The number of aryl methyl sites for hydroxylation is 1. The van der Waals surface area contributed by atoms with Crippen molar-refractivity contribution in [1.29, 1.82) is 0 Å². The van der Waals surface area contributed by atoms with Gasteiger partial charge in [-0.15, -0.1) is 4.48 Å². The average Bonchev–Trinajstić information content (AvgIpc) is 2.71. The van der Waals surface area contributed by atoms with Crippen LogP contribution in [-0.2, 0) is 6.42 Å². The van der Waals surface area contributed by atoms with Crippen LogP contribution in [0.15, 0.2) is 18.2 Å². The van der Waals surface area contributed by atoms with Crippen LogP contribution >= 0.6 is 0 Å². The normalized spacial score (nSPS) is 18.0. The SMILES string of the molecule is CNC(=O)Oc1ccc2c(c1)C(NF)CC2. The van der Waals surface area contributed by atoms with Crippen LogP contribution in [0.1, 0.15) is 23.6 Å². The number of carbonyl (C=O) groups excluding carboxylic acids is 1. The second-order valence-electron chi connectivity index (χ2n) is 3.70. The zero-order chi connectivity index (χ0) is 11.5. The highest BCUT2D eigenvalue weighted by molar-refractivity contribution is 5.70. The van der Waals surface area contributed by atoms with Gasteiger partial charge >= 0.3 is 6.09 Å². The molecule has 4 nitrogen and oxygen atoms in total. The highest BCUT2D eigenvalue weighted by Crippen LogP contribution is 2.33. The lowest BCUT2D eigenvalue weighted by Crippen LogP contribution is -2.22. The number of ether oxygens (including phenoxy) is 1. The minimum absolute atomic E-state index is 0.289. The van der Waals surface area contributed by atoms with E-state index in [1.54, 1.807) is 17.7 Å². The van der Waals surface area contributed by atoms with Gasteiger partial charge in [0.05, 0.1) is 6.04 Å². The third kappa shape index (κ3) is 1.99. The van der Waals surface area contributed by atoms with Crippen LogP contribution in [0.3, 0.4) is 0 Å². The first-order chi connectivity index (χ1) is 7.74. The molecule has 2 N–H and O–H groups in total. The summed E-state index contributed by atoms with van der Waals surface area (Å²) in [6.07, 6.45) is 1.05. The highest BCUT2D eigenvalue weighted by atomic mass is 19.2. The van der Waals surface area contributed by atoms with E-state index in [1.807, 2.05) is 6.07 Å². The molecule has 0 aliphatic heterocycles. The molecule has 16 heavy (non-hydrogen) atoms. The van der Waals surface area contributed by atoms with Gasteiger partial charge < -0.3 is 10.1 Å². The highest BCUT2D eigenvalue weighted by Gasteiger charge is 2.23. The Morgan fingerprint density at radius 2 is 2.38 bits per heavy atom. The minimum atomic E-state index is -0.525. The second-order valence-corrected chi connectivity index (χ2v) is 3.70. The number of benzene rings is 1. The molecule has 0 fully saturated rings. The first kappa shape index (κ1) is 10.9. The van der Waals surface area contributed by atoms with E-state index in [0.717, 1.165) is 24.0 Å². The molecule has 1 aromatic rings. The van der Waals surface area contributed by atoms with E-state index in [0.29, 0.717) is 5.75 Å². The summed E-state index contributed by atoms with van der Waals surface area (Å²) >= 11 is 0. The predicted molar refractivity (Wildman–Crippen MR) is 56.8 cm³/mol. The van der Waals surface area contributed by atoms with E-state index in [-0.39, 0.29) is 6.04 Å². The number of hydrogen-bond donors (Lipinski definition) is 2. The van der Waals surface area contributed by atoms with Crippen molar-refractivity contribution in [2.24, 2.45) is 0 Å². The Morgan fingerprint density at radius 1 is 1.56 bits per heavy atom. The zero-order valence-corrected chi connectivity index (χ0v) is 8.92. The molecule has 5 heteroatoms. The van der Waals surface area contributed by atoms with Crippen LogP contribution in [0.4, 0.5) is 9.28 Å². The molecule has 1 unspecified atom stereocenters. The third-order valence-corrected chi connectivity index (χ3v) is 2.74. The van der Waals surface area contributed by atoms with E-state index in [2.05, 4.69) is 5.32 Å². The smallest absolute Gasteiger partial charge is 0.410 e. The first-order valence-electron chi connectivity index (χ1n) is 5.13. The lowest BCUT2D eigenvalue weighted by atomic mass is 10.1. The summed E-state index contributed by atoms with van der Waals surface area (Å²) in [4.78, 5) is 11.0. The molecule has 1 atom stereocenters. The summed E-state index contributed by atoms with van der Waals surface area (Å²) in [6.45, 7) is 0. The van der Waals surface area contributed by atoms with Gasteiger partial charge in [-0.1, -0.05) is 6.07 Å². The first-order valence-corrected chi connectivity index (χ1v) is 5.13. The summed E-state index contributed by atoms with van der Waals surface area (Å²) < 4.78 is 17.4. The predicted octanol–water partition coefficient (Wildman–Crippen LogP) is 1.87. The summed E-state index contributed by atoms with van der Waals surface area (Å²) in [6, 6.07) is 5.00. The summed E-state index contributed by atoms with van der Waals surface area (Å²) in [5, 5.41) is 2.36. The maximum atomic E-state index is 12.5. The summed E-state index contributed by atoms with van der Waals surface area (Å²) in [5.74, 6) is 0.431. The topological polar surface area (TPSA) is 50.4 Å². The maximum absolute atomic E-state index is 12.5. The van der Waals surface area contributed by atoms with Crippen molar-refractivity contribution in [2.75, 3.05) is 7.05 Å². The molecule has 0 radical (unpaired) electrons. The van der Waals surface area contributed by atoms with Crippen molar-refractivity contribution in [3.8, 4) is 5.75 Å². The van der Waals surface area contributed by atoms with Crippen molar-refractivity contribution < 1.29 is 14.0 Å². The van der Waals surface area contributed by atoms with E-state index in [4.69, 9.17) is 4.74 Å². The number of nitrogens with one attached hydrogen (secondary N) is 2. The molecular formula is C11H13FN2O2. The number of amides is 1. The van der Waals surface area contributed by atoms with Crippen LogP contribution in [0.5, 0.6) is 5.75 Å². The number of fused-ring (bicyclic) bond motifs is 1. The molecule has 0 heterocycles. The molecule has 1 aliphatic carbocycles. The Hall–Kier alpha value is -1.62. The summed E-state index contributed by atoms with van der Waals surface area (Å²) in [5.41, 5.74) is 3.72. The molecular weight excluding hydrogens is 211 g/mol. The van der Waals surface area contributed by atoms with E-state index in [1.165, 1.54) is 7.05 Å². The van der Waals surface area contributed by atoms with Gasteiger partial charge in [-0.2, -0.15) is 5.54 Å². The third-order valence-electron chi connectivity index (χ3n) is 2.74. The number of hydrogen-bond acceptors (Lipinski definition) is 3. The summed E-state index contributed by atoms with van der Waals surface area (Å²) in [7, 11) is 1.49. The molecule has 0 saturated heterocycles. The van der Waals surface area contributed by atoms with Gasteiger partial charge in [-0.05, 0) is 36.1 Å². The van der Waals surface area contributed by atoms with Gasteiger partial charge in [-0.3, -0.25) is 0 Å². The second kappa shape index (κ2) is 4.49. The molecule has 0 saturated carbocycles. The van der Waals surface area contributed by atoms with Gasteiger partial charge in [0.1, 0.15) is 5.75 Å². The van der Waals surface area contributed by atoms with Crippen molar-refractivity contribution >= 4 is 6.09 Å². The van der Waals surface area contributed by atoms with E-state index in [9.17, 15) is 9.28 Å². The van der Waals surface area contributed by atoms with Crippen LogP contribution in [0.25, 0.3) is 0 Å². The maximum Gasteiger partial charge on any atom is 0.412 e. The lowest BCUT2D eigenvalue weighted by Gasteiger charge is -2.09. The molecule has 2 rings (SSSR count). The molecule has 1 aromatic carbocycles. The Balaban J connectivity index is 2.21. The zero-order valence-electron chi connectivity index (χ0n) is 8.92. The van der Waals surface area contributed by atoms with E-state index < -0.39 is 6.09 Å². The van der Waals surface area contributed by atoms with Crippen LogP contribution < -0.4 is 15.6 Å². The van der Waals surface area contributed by atoms with Crippen molar-refractivity contribution in [2.45, 2.75) is 18.9 Å². The largest absolute Gasteiger partial charge is 0.412 e. The molecule has 1 aliphatic rings. The molecule has 1 amide bonds. The Labute approximate surface area is 92.7 Å². The van der Waals surface area contributed by atoms with Crippen LogP contribution in [0.2, 0.25) is 0 Å². The fourth-order valence-electron chi connectivity index (χ4n) is 1.92. The quantitative estimate of drug-likeness (QED) is 0.754. The van der Waals surface area contributed by atoms with Gasteiger partial charge in [0, 0.05) is 7.05 Å².